The Kier molecular flexibility index (Phi) is 15.9. The van der Waals surface area contributed by atoms with Crippen molar-refractivity contribution in [2.24, 2.45) is 5.10 Å². The number of unbranched alkanes of at least 4 members (excludes halogenated alkanes) is 10. The smallest absolute Gasteiger partial charge is 0.259 e. The third kappa shape index (κ3) is 15.5. The molecular weight excluding hydrogens is 374 g/mol. The van der Waals surface area contributed by atoms with Crippen LogP contribution in [0.2, 0.25) is 0 Å². The molecule has 0 spiro atoms. The zero-order chi connectivity index (χ0) is 21.7. The van der Waals surface area contributed by atoms with Crippen molar-refractivity contribution in [2.75, 3.05) is 6.54 Å². The van der Waals surface area contributed by atoms with Gasteiger partial charge in [-0.3, -0.25) is 9.59 Å². The van der Waals surface area contributed by atoms with Crippen LogP contribution in [0.3, 0.4) is 0 Å². The molecule has 0 aliphatic carbocycles. The van der Waals surface area contributed by atoms with Gasteiger partial charge in [-0.2, -0.15) is 5.10 Å². The van der Waals surface area contributed by atoms with Crippen LogP contribution >= 0.6 is 0 Å². The minimum absolute atomic E-state index is 0.0450. The van der Waals surface area contributed by atoms with Crippen molar-refractivity contribution in [3.8, 4) is 0 Å². The van der Waals surface area contributed by atoms with Crippen LogP contribution < -0.4 is 10.7 Å². The number of benzene rings is 1. The summed E-state index contributed by atoms with van der Waals surface area (Å²) >= 11 is 0. The Morgan fingerprint density at radius 3 is 2.07 bits per heavy atom. The Hall–Kier alpha value is -2.43. The predicted molar refractivity (Wildman–Crippen MR) is 126 cm³/mol. The Bertz CT molecular complexity index is 627. The highest BCUT2D eigenvalue weighted by atomic mass is 16.2. The number of amides is 2. The number of allylic oxidation sites excluding steroid dienone is 1. The molecule has 1 aromatic rings. The Balaban J connectivity index is 1.94. The maximum atomic E-state index is 11.8. The highest BCUT2D eigenvalue weighted by molar-refractivity contribution is 5.85. The topological polar surface area (TPSA) is 70.6 Å². The molecule has 0 aromatic heterocycles. The molecular formula is C25H39N3O2. The molecule has 0 aliphatic rings. The van der Waals surface area contributed by atoms with E-state index in [-0.39, 0.29) is 18.4 Å². The van der Waals surface area contributed by atoms with E-state index in [0.717, 1.165) is 18.4 Å². The molecule has 166 valence electrons. The van der Waals surface area contributed by atoms with E-state index in [1.54, 1.807) is 6.08 Å². The molecule has 0 aliphatic heterocycles. The zero-order valence-corrected chi connectivity index (χ0v) is 18.6. The SMILES string of the molecule is CCCCCCCCCCCCCC(=O)NCC(=O)N/N=C/C=C/c1ccccc1. The highest BCUT2D eigenvalue weighted by Gasteiger charge is 2.04. The van der Waals surface area contributed by atoms with Crippen LogP contribution in [-0.2, 0) is 9.59 Å². The number of hydrogen-bond donors (Lipinski definition) is 2. The normalized spacial score (nSPS) is 11.2. The van der Waals surface area contributed by atoms with Crippen LogP contribution in [0.1, 0.15) is 89.5 Å². The van der Waals surface area contributed by atoms with Gasteiger partial charge in [-0.05, 0) is 18.1 Å². The fourth-order valence-corrected chi connectivity index (χ4v) is 3.13. The zero-order valence-electron chi connectivity index (χ0n) is 18.6. The summed E-state index contributed by atoms with van der Waals surface area (Å²) in [5.74, 6) is -0.402. The van der Waals surface area contributed by atoms with Crippen LogP contribution in [0.5, 0.6) is 0 Å². The number of hydrogen-bond acceptors (Lipinski definition) is 3. The second-order valence-electron chi connectivity index (χ2n) is 7.65. The van der Waals surface area contributed by atoms with E-state index in [1.807, 2.05) is 36.4 Å². The van der Waals surface area contributed by atoms with Gasteiger partial charge in [0.1, 0.15) is 0 Å². The minimum atomic E-state index is -0.327. The molecule has 2 amide bonds. The first kappa shape index (κ1) is 25.6. The number of hydrazone groups is 1. The van der Waals surface area contributed by atoms with E-state index in [4.69, 9.17) is 0 Å². The van der Waals surface area contributed by atoms with Gasteiger partial charge in [-0.1, -0.05) is 108 Å². The minimum Gasteiger partial charge on any atom is -0.347 e. The van der Waals surface area contributed by atoms with Crippen LogP contribution in [0, 0.1) is 0 Å². The maximum Gasteiger partial charge on any atom is 0.259 e. The first-order valence-electron chi connectivity index (χ1n) is 11.5. The van der Waals surface area contributed by atoms with Crippen LogP contribution in [0.4, 0.5) is 0 Å². The van der Waals surface area contributed by atoms with Crippen molar-refractivity contribution in [1.82, 2.24) is 10.7 Å². The molecule has 5 nitrogen and oxygen atoms in total. The first-order valence-corrected chi connectivity index (χ1v) is 11.5. The van der Waals surface area contributed by atoms with Crippen molar-refractivity contribution in [3.05, 3.63) is 42.0 Å². The Morgan fingerprint density at radius 1 is 0.833 bits per heavy atom. The number of carbonyl (C=O) groups is 2. The average molecular weight is 414 g/mol. The Morgan fingerprint density at radius 2 is 1.43 bits per heavy atom. The molecule has 2 N–H and O–H groups in total. The van der Waals surface area contributed by atoms with E-state index in [0.29, 0.717) is 6.42 Å². The van der Waals surface area contributed by atoms with Gasteiger partial charge in [0.05, 0.1) is 6.54 Å². The largest absolute Gasteiger partial charge is 0.347 e. The summed E-state index contributed by atoms with van der Waals surface area (Å²) in [5.41, 5.74) is 3.46. The molecule has 0 bridgehead atoms. The molecule has 1 aromatic carbocycles. The third-order valence-electron chi connectivity index (χ3n) is 4.89. The van der Waals surface area contributed by atoms with Gasteiger partial charge >= 0.3 is 0 Å². The molecule has 0 atom stereocenters. The lowest BCUT2D eigenvalue weighted by atomic mass is 10.1. The summed E-state index contributed by atoms with van der Waals surface area (Å²) in [4.78, 5) is 23.5. The highest BCUT2D eigenvalue weighted by Crippen LogP contribution is 2.11. The van der Waals surface area contributed by atoms with Crippen LogP contribution in [0.15, 0.2) is 41.5 Å². The molecule has 1 rings (SSSR count). The lowest BCUT2D eigenvalue weighted by molar-refractivity contribution is -0.126. The lowest BCUT2D eigenvalue weighted by Gasteiger charge is -2.04. The van der Waals surface area contributed by atoms with E-state index in [1.165, 1.54) is 64.0 Å². The second-order valence-corrected chi connectivity index (χ2v) is 7.65. The summed E-state index contributed by atoms with van der Waals surface area (Å²) in [6, 6.07) is 9.83. The van der Waals surface area contributed by atoms with Gasteiger partial charge in [0, 0.05) is 12.6 Å². The van der Waals surface area contributed by atoms with Crippen LogP contribution in [-0.4, -0.2) is 24.6 Å². The molecule has 0 unspecified atom stereocenters. The van der Waals surface area contributed by atoms with Gasteiger partial charge < -0.3 is 5.32 Å². The van der Waals surface area contributed by atoms with E-state index >= 15 is 0 Å². The van der Waals surface area contributed by atoms with Crippen molar-refractivity contribution in [3.63, 3.8) is 0 Å². The molecule has 0 heterocycles. The summed E-state index contributed by atoms with van der Waals surface area (Å²) in [6.07, 6.45) is 19.5. The Labute approximate surface area is 182 Å². The molecule has 0 radical (unpaired) electrons. The van der Waals surface area contributed by atoms with Crippen molar-refractivity contribution in [2.45, 2.75) is 84.0 Å². The fraction of sp³-hybridized carbons (Fsp3) is 0.560. The standard InChI is InChI=1S/C25H39N3O2/c1-2-3-4-5-6-7-8-9-10-11-15-20-24(29)26-22-25(30)28-27-21-16-19-23-17-13-12-14-18-23/h12-14,16-19,21H,2-11,15,20,22H2,1H3,(H,26,29)(H,28,30)/b19-16+,27-21+. The van der Waals surface area contributed by atoms with Crippen molar-refractivity contribution >= 4 is 24.1 Å². The summed E-state index contributed by atoms with van der Waals surface area (Å²) in [7, 11) is 0. The third-order valence-corrected chi connectivity index (χ3v) is 4.89. The van der Waals surface area contributed by atoms with Crippen LogP contribution in [0.25, 0.3) is 6.08 Å². The maximum absolute atomic E-state index is 11.8. The van der Waals surface area contributed by atoms with Gasteiger partial charge in [0.15, 0.2) is 0 Å². The monoisotopic (exact) mass is 413 g/mol. The molecule has 0 saturated carbocycles. The van der Waals surface area contributed by atoms with E-state index in [2.05, 4.69) is 22.8 Å². The van der Waals surface area contributed by atoms with E-state index in [9.17, 15) is 9.59 Å². The van der Waals surface area contributed by atoms with Gasteiger partial charge in [0.25, 0.3) is 5.91 Å². The van der Waals surface area contributed by atoms with E-state index < -0.39 is 0 Å². The van der Waals surface area contributed by atoms with Gasteiger partial charge in [-0.25, -0.2) is 5.43 Å². The fourth-order valence-electron chi connectivity index (χ4n) is 3.13. The van der Waals surface area contributed by atoms with Crippen molar-refractivity contribution < 1.29 is 9.59 Å². The number of nitrogens with zero attached hydrogens (tertiary/aromatic N) is 1. The lowest BCUT2D eigenvalue weighted by Crippen LogP contribution is -2.34. The summed E-state index contributed by atoms with van der Waals surface area (Å²) in [5, 5.41) is 6.48. The summed E-state index contributed by atoms with van der Waals surface area (Å²) in [6.45, 7) is 2.20. The first-order chi connectivity index (χ1) is 14.7. The summed E-state index contributed by atoms with van der Waals surface area (Å²) < 4.78 is 0. The van der Waals surface area contributed by atoms with Gasteiger partial charge in [-0.15, -0.1) is 0 Å². The van der Waals surface area contributed by atoms with Crippen molar-refractivity contribution in [1.29, 1.82) is 0 Å². The van der Waals surface area contributed by atoms with Gasteiger partial charge in [0.2, 0.25) is 5.91 Å². The second kappa shape index (κ2) is 18.6. The predicted octanol–water partition coefficient (Wildman–Crippen LogP) is 5.62. The molecule has 0 saturated heterocycles. The number of carbonyl (C=O) groups excluding carboxylic acids is 2. The number of nitrogens with one attached hydrogen (secondary N) is 2. The molecule has 30 heavy (non-hydrogen) atoms. The number of rotatable bonds is 17. The molecule has 0 fully saturated rings. The quantitative estimate of drug-likeness (QED) is 0.198. The molecule has 5 heteroatoms. The average Bonchev–Trinajstić information content (AvgIpc) is 2.76.